The number of benzene rings is 1. The number of carbonyl (C=O) groups is 1. The van der Waals surface area contributed by atoms with Crippen LogP contribution in [0.25, 0.3) is 0 Å². The van der Waals surface area contributed by atoms with E-state index in [1.165, 1.54) is 18.2 Å². The van der Waals surface area contributed by atoms with Gasteiger partial charge in [0, 0.05) is 12.1 Å². The molecule has 0 aromatic heterocycles. The van der Waals surface area contributed by atoms with Crippen molar-refractivity contribution < 1.29 is 14.3 Å². The van der Waals surface area contributed by atoms with Crippen molar-refractivity contribution >= 4 is 5.91 Å². The van der Waals surface area contributed by atoms with Gasteiger partial charge in [-0.1, -0.05) is 12.8 Å². The van der Waals surface area contributed by atoms with Crippen LogP contribution in [0.2, 0.25) is 0 Å². The molecule has 0 saturated heterocycles. The Morgan fingerprint density at radius 3 is 2.72 bits per heavy atom. The summed E-state index contributed by atoms with van der Waals surface area (Å²) in [5.41, 5.74) is 0.114. The molecule has 3 nitrogen and oxygen atoms in total. The quantitative estimate of drug-likeness (QED) is 0.865. The first-order valence-corrected chi connectivity index (χ1v) is 6.27. The number of amides is 1. The van der Waals surface area contributed by atoms with Crippen LogP contribution in [0.15, 0.2) is 18.2 Å². The van der Waals surface area contributed by atoms with Crippen LogP contribution in [-0.4, -0.2) is 23.2 Å². The summed E-state index contributed by atoms with van der Waals surface area (Å²) in [5.74, 6) is -0.584. The van der Waals surface area contributed by atoms with Gasteiger partial charge >= 0.3 is 0 Å². The van der Waals surface area contributed by atoms with Gasteiger partial charge < -0.3 is 10.4 Å². The Bertz CT molecular complexity index is 453. The highest BCUT2D eigenvalue weighted by Gasteiger charge is 2.31. The van der Waals surface area contributed by atoms with Gasteiger partial charge in [-0.25, -0.2) is 4.39 Å². The summed E-state index contributed by atoms with van der Waals surface area (Å²) >= 11 is 0. The number of carbonyl (C=O) groups excluding carboxylic acids is 1. The lowest BCUT2D eigenvalue weighted by molar-refractivity contribution is 0.0449. The summed E-state index contributed by atoms with van der Waals surface area (Å²) in [6.45, 7) is 1.89. The van der Waals surface area contributed by atoms with Crippen LogP contribution in [-0.2, 0) is 0 Å². The minimum Gasteiger partial charge on any atom is -0.388 e. The Hall–Kier alpha value is -1.42. The molecule has 0 bridgehead atoms. The maximum atomic E-state index is 13.1. The third-order valence-electron chi connectivity index (χ3n) is 3.53. The van der Waals surface area contributed by atoms with E-state index in [0.717, 1.165) is 25.7 Å². The van der Waals surface area contributed by atoms with Gasteiger partial charge in [-0.3, -0.25) is 4.79 Å². The molecule has 0 unspecified atom stereocenters. The maximum Gasteiger partial charge on any atom is 0.251 e. The molecule has 2 rings (SSSR count). The molecule has 1 saturated carbocycles. The molecule has 0 radical (unpaired) electrons. The molecule has 0 heterocycles. The SMILES string of the molecule is Cc1cc(C(=O)NCC2(O)CCCC2)ccc1F. The highest BCUT2D eigenvalue weighted by atomic mass is 19.1. The summed E-state index contributed by atoms with van der Waals surface area (Å²) < 4.78 is 13.1. The number of hydrogen-bond acceptors (Lipinski definition) is 2. The molecule has 1 aliphatic carbocycles. The normalized spacial score (nSPS) is 17.7. The molecule has 1 aliphatic rings. The van der Waals surface area contributed by atoms with E-state index in [1.807, 2.05) is 0 Å². The van der Waals surface area contributed by atoms with Crippen molar-refractivity contribution in [2.45, 2.75) is 38.2 Å². The number of halogens is 1. The van der Waals surface area contributed by atoms with Gasteiger partial charge in [0.1, 0.15) is 5.82 Å². The van der Waals surface area contributed by atoms with Crippen molar-refractivity contribution in [1.82, 2.24) is 5.32 Å². The molecule has 4 heteroatoms. The number of nitrogens with one attached hydrogen (secondary N) is 1. The minimum absolute atomic E-state index is 0.265. The lowest BCUT2D eigenvalue weighted by Gasteiger charge is -2.22. The van der Waals surface area contributed by atoms with Crippen LogP contribution in [0.4, 0.5) is 4.39 Å². The summed E-state index contributed by atoms with van der Waals surface area (Å²) in [7, 11) is 0. The predicted octanol–water partition coefficient (Wildman–Crippen LogP) is 2.17. The van der Waals surface area contributed by atoms with Gasteiger partial charge in [-0.15, -0.1) is 0 Å². The minimum atomic E-state index is -0.759. The third kappa shape index (κ3) is 2.88. The number of rotatable bonds is 3. The molecule has 1 fully saturated rings. The Balaban J connectivity index is 1.97. The van der Waals surface area contributed by atoms with Crippen molar-refractivity contribution in [2.75, 3.05) is 6.54 Å². The van der Waals surface area contributed by atoms with Gasteiger partial charge in [0.2, 0.25) is 0 Å². The van der Waals surface area contributed by atoms with E-state index < -0.39 is 5.60 Å². The van der Waals surface area contributed by atoms with Crippen molar-refractivity contribution in [2.24, 2.45) is 0 Å². The van der Waals surface area contributed by atoms with Crippen LogP contribution < -0.4 is 5.32 Å². The topological polar surface area (TPSA) is 49.3 Å². The van der Waals surface area contributed by atoms with E-state index in [2.05, 4.69) is 5.32 Å². The fraction of sp³-hybridized carbons (Fsp3) is 0.500. The molecular formula is C14H18FNO2. The Kier molecular flexibility index (Phi) is 3.66. The summed E-state index contributed by atoms with van der Waals surface area (Å²) in [4.78, 5) is 11.9. The number of aryl methyl sites for hydroxylation is 1. The van der Waals surface area contributed by atoms with Crippen LogP contribution in [0, 0.1) is 12.7 Å². The van der Waals surface area contributed by atoms with Gasteiger partial charge in [-0.05, 0) is 43.5 Å². The summed E-state index contributed by atoms with van der Waals surface area (Å²) in [6.07, 6.45) is 3.47. The number of hydrogen-bond donors (Lipinski definition) is 2. The van der Waals surface area contributed by atoms with E-state index >= 15 is 0 Å². The van der Waals surface area contributed by atoms with Crippen LogP contribution in [0.3, 0.4) is 0 Å². The highest BCUT2D eigenvalue weighted by Crippen LogP contribution is 2.28. The van der Waals surface area contributed by atoms with E-state index in [9.17, 15) is 14.3 Å². The number of aliphatic hydroxyl groups is 1. The molecular weight excluding hydrogens is 233 g/mol. The van der Waals surface area contributed by atoms with Gasteiger partial charge in [0.05, 0.1) is 5.60 Å². The van der Waals surface area contributed by atoms with Gasteiger partial charge in [0.15, 0.2) is 0 Å². The molecule has 1 aromatic carbocycles. The van der Waals surface area contributed by atoms with E-state index in [-0.39, 0.29) is 18.3 Å². The summed E-state index contributed by atoms with van der Waals surface area (Å²) in [6, 6.07) is 4.26. The first-order chi connectivity index (χ1) is 8.50. The highest BCUT2D eigenvalue weighted by molar-refractivity contribution is 5.94. The first-order valence-electron chi connectivity index (χ1n) is 6.27. The van der Waals surface area contributed by atoms with E-state index in [0.29, 0.717) is 11.1 Å². The average molecular weight is 251 g/mol. The Morgan fingerprint density at radius 2 is 2.11 bits per heavy atom. The second-order valence-corrected chi connectivity index (χ2v) is 5.08. The van der Waals surface area contributed by atoms with Crippen molar-refractivity contribution in [3.63, 3.8) is 0 Å². The molecule has 0 aliphatic heterocycles. The third-order valence-corrected chi connectivity index (χ3v) is 3.53. The smallest absolute Gasteiger partial charge is 0.251 e. The van der Waals surface area contributed by atoms with Crippen molar-refractivity contribution in [3.05, 3.63) is 35.1 Å². The van der Waals surface area contributed by atoms with Crippen molar-refractivity contribution in [1.29, 1.82) is 0 Å². The molecule has 2 N–H and O–H groups in total. The molecule has 1 aromatic rings. The Labute approximate surface area is 106 Å². The van der Waals surface area contributed by atoms with E-state index in [1.54, 1.807) is 6.92 Å². The fourth-order valence-electron chi connectivity index (χ4n) is 2.34. The second-order valence-electron chi connectivity index (χ2n) is 5.08. The lowest BCUT2D eigenvalue weighted by Crippen LogP contribution is -2.40. The average Bonchev–Trinajstić information content (AvgIpc) is 2.77. The van der Waals surface area contributed by atoms with Crippen LogP contribution >= 0.6 is 0 Å². The molecule has 0 atom stereocenters. The van der Waals surface area contributed by atoms with Gasteiger partial charge in [-0.2, -0.15) is 0 Å². The van der Waals surface area contributed by atoms with Crippen LogP contribution in [0.5, 0.6) is 0 Å². The molecule has 0 spiro atoms. The zero-order valence-electron chi connectivity index (χ0n) is 10.5. The lowest BCUT2D eigenvalue weighted by atomic mass is 10.0. The molecule has 98 valence electrons. The zero-order valence-corrected chi connectivity index (χ0v) is 10.5. The predicted molar refractivity (Wildman–Crippen MR) is 66.9 cm³/mol. The van der Waals surface area contributed by atoms with E-state index in [4.69, 9.17) is 0 Å². The fourth-order valence-corrected chi connectivity index (χ4v) is 2.34. The van der Waals surface area contributed by atoms with Crippen molar-refractivity contribution in [3.8, 4) is 0 Å². The standard InChI is InChI=1S/C14H18FNO2/c1-10-8-11(4-5-12(10)15)13(17)16-9-14(18)6-2-3-7-14/h4-5,8,18H,2-3,6-7,9H2,1H3,(H,16,17). The summed E-state index contributed by atoms with van der Waals surface area (Å²) in [5, 5.41) is 12.8. The zero-order chi connectivity index (χ0) is 13.2. The molecule has 1 amide bonds. The second kappa shape index (κ2) is 5.06. The first kappa shape index (κ1) is 13.0. The molecule has 18 heavy (non-hydrogen) atoms. The maximum absolute atomic E-state index is 13.1. The largest absolute Gasteiger partial charge is 0.388 e. The monoisotopic (exact) mass is 251 g/mol. The van der Waals surface area contributed by atoms with Gasteiger partial charge in [0.25, 0.3) is 5.91 Å². The van der Waals surface area contributed by atoms with Crippen LogP contribution in [0.1, 0.15) is 41.6 Å². The Morgan fingerprint density at radius 1 is 1.44 bits per heavy atom.